The number of aromatic nitrogens is 3. The molecule has 1 unspecified atom stereocenters. The Bertz CT molecular complexity index is 836. The van der Waals surface area contributed by atoms with E-state index in [1.807, 2.05) is 12.1 Å². The molecule has 1 aliphatic heterocycles. The molecule has 6 nitrogen and oxygen atoms in total. The van der Waals surface area contributed by atoms with Crippen LogP contribution in [0.15, 0.2) is 18.2 Å². The summed E-state index contributed by atoms with van der Waals surface area (Å²) in [5, 5.41) is 7.26. The largest absolute Gasteiger partial charge is 0.369 e. The third kappa shape index (κ3) is 4.70. The molecule has 1 saturated heterocycles. The summed E-state index contributed by atoms with van der Waals surface area (Å²) in [6.07, 6.45) is 10.9. The van der Waals surface area contributed by atoms with Crippen LogP contribution in [-0.2, 0) is 0 Å². The van der Waals surface area contributed by atoms with E-state index in [2.05, 4.69) is 33.5 Å². The fourth-order valence-electron chi connectivity index (χ4n) is 5.27. The number of likely N-dealkylation sites (tertiary alicyclic amines) is 1. The molecule has 0 bridgehead atoms. The van der Waals surface area contributed by atoms with Gasteiger partial charge in [-0.2, -0.15) is 0 Å². The molecule has 6 heteroatoms. The summed E-state index contributed by atoms with van der Waals surface area (Å²) in [6, 6.07) is 7.63. The van der Waals surface area contributed by atoms with E-state index in [1.165, 1.54) is 70.2 Å². The predicted molar refractivity (Wildman–Crippen MR) is 122 cm³/mol. The highest BCUT2D eigenvalue weighted by Gasteiger charge is 2.28. The van der Waals surface area contributed by atoms with Crippen molar-refractivity contribution in [3.8, 4) is 11.5 Å². The summed E-state index contributed by atoms with van der Waals surface area (Å²) in [4.78, 5) is 15.8. The van der Waals surface area contributed by atoms with Gasteiger partial charge in [-0.3, -0.25) is 4.90 Å². The summed E-state index contributed by atoms with van der Waals surface area (Å²) in [7, 11) is 0. The van der Waals surface area contributed by atoms with Crippen molar-refractivity contribution < 1.29 is 0 Å². The van der Waals surface area contributed by atoms with Crippen molar-refractivity contribution in [3.05, 3.63) is 29.6 Å². The molecule has 3 N–H and O–H groups in total. The minimum absolute atomic E-state index is 0.632. The topological polar surface area (TPSA) is 68.9 Å². The number of nitrogens with zero attached hydrogens (tertiary/aromatic N) is 3. The average Bonchev–Trinajstić information content (AvgIpc) is 3.31. The number of aromatic amines is 1. The molecule has 3 fully saturated rings. The quantitative estimate of drug-likeness (QED) is 0.575. The zero-order chi connectivity index (χ0) is 20.3. The smallest absolute Gasteiger partial charge is 0.156 e. The molecule has 3 aliphatic rings. The second-order valence-corrected chi connectivity index (χ2v) is 9.42. The first kappa shape index (κ1) is 20.0. The lowest BCUT2D eigenvalue weighted by atomic mass is 10.0. The van der Waals surface area contributed by atoms with E-state index >= 15 is 0 Å². The van der Waals surface area contributed by atoms with Gasteiger partial charge in [-0.25, -0.2) is 9.97 Å². The summed E-state index contributed by atoms with van der Waals surface area (Å²) in [6.45, 7) is 6.48. The van der Waals surface area contributed by atoms with E-state index in [0.717, 1.165) is 42.2 Å². The van der Waals surface area contributed by atoms with Crippen LogP contribution in [0.3, 0.4) is 0 Å². The number of imidazole rings is 1. The molecule has 30 heavy (non-hydrogen) atoms. The maximum atomic E-state index is 4.78. The fraction of sp³-hybridized carbons (Fsp3) is 0.667. The van der Waals surface area contributed by atoms with Crippen molar-refractivity contribution in [1.29, 1.82) is 0 Å². The highest BCUT2D eigenvalue weighted by molar-refractivity contribution is 5.54. The lowest BCUT2D eigenvalue weighted by molar-refractivity contribution is 0.139. The molecule has 2 saturated carbocycles. The Morgan fingerprint density at radius 1 is 1.03 bits per heavy atom. The fourth-order valence-corrected chi connectivity index (χ4v) is 5.27. The maximum absolute atomic E-state index is 4.78. The first-order chi connectivity index (χ1) is 14.8. The van der Waals surface area contributed by atoms with Gasteiger partial charge in [0.25, 0.3) is 0 Å². The summed E-state index contributed by atoms with van der Waals surface area (Å²) in [5.41, 5.74) is 3.34. The second-order valence-electron chi connectivity index (χ2n) is 9.42. The van der Waals surface area contributed by atoms with Gasteiger partial charge >= 0.3 is 0 Å². The molecule has 0 amide bonds. The van der Waals surface area contributed by atoms with Crippen molar-refractivity contribution in [3.63, 3.8) is 0 Å². The van der Waals surface area contributed by atoms with Crippen LogP contribution in [0, 0.1) is 6.92 Å². The average molecular weight is 409 g/mol. The van der Waals surface area contributed by atoms with Crippen molar-refractivity contribution in [1.82, 2.24) is 25.2 Å². The van der Waals surface area contributed by atoms with Gasteiger partial charge in [0.05, 0.1) is 5.69 Å². The highest BCUT2D eigenvalue weighted by Crippen LogP contribution is 2.41. The van der Waals surface area contributed by atoms with Gasteiger partial charge in [-0.1, -0.05) is 18.9 Å². The van der Waals surface area contributed by atoms with Gasteiger partial charge in [0.15, 0.2) is 5.82 Å². The monoisotopic (exact) mass is 408 g/mol. The Labute approximate surface area is 180 Å². The van der Waals surface area contributed by atoms with Crippen LogP contribution in [0.25, 0.3) is 11.5 Å². The zero-order valence-electron chi connectivity index (χ0n) is 18.3. The zero-order valence-corrected chi connectivity index (χ0v) is 18.3. The van der Waals surface area contributed by atoms with E-state index in [0.29, 0.717) is 12.0 Å². The lowest BCUT2D eigenvalue weighted by Crippen LogP contribution is -2.49. The van der Waals surface area contributed by atoms with Gasteiger partial charge in [-0.05, 0) is 64.1 Å². The van der Waals surface area contributed by atoms with Crippen LogP contribution in [0.4, 0.5) is 5.82 Å². The van der Waals surface area contributed by atoms with Gasteiger partial charge in [0.1, 0.15) is 11.5 Å². The molecule has 2 aromatic heterocycles. The molecule has 2 aromatic rings. The second kappa shape index (κ2) is 9.06. The Morgan fingerprint density at radius 2 is 1.90 bits per heavy atom. The molecular formula is C24H36N6. The normalized spacial score (nSPS) is 23.2. The molecule has 3 heterocycles. The van der Waals surface area contributed by atoms with E-state index in [1.54, 1.807) is 0 Å². The minimum Gasteiger partial charge on any atom is -0.369 e. The number of nitrogens with one attached hydrogen (secondary N) is 3. The first-order valence-corrected chi connectivity index (χ1v) is 12.0. The summed E-state index contributed by atoms with van der Waals surface area (Å²) in [5.74, 6) is 2.50. The number of H-pyrrole nitrogens is 1. The Kier molecular flexibility index (Phi) is 6.05. The first-order valence-electron chi connectivity index (χ1n) is 12.0. The number of aryl methyl sites for hydroxylation is 1. The van der Waals surface area contributed by atoms with E-state index in [-0.39, 0.29) is 0 Å². The van der Waals surface area contributed by atoms with Gasteiger partial charge in [-0.15, -0.1) is 0 Å². The van der Waals surface area contributed by atoms with Crippen molar-refractivity contribution in [2.45, 2.75) is 76.3 Å². The van der Waals surface area contributed by atoms with Crippen LogP contribution in [0.5, 0.6) is 0 Å². The van der Waals surface area contributed by atoms with Crippen molar-refractivity contribution >= 4 is 5.82 Å². The maximum Gasteiger partial charge on any atom is 0.156 e. The molecule has 1 atom stereocenters. The molecule has 162 valence electrons. The highest BCUT2D eigenvalue weighted by atomic mass is 15.2. The molecule has 0 radical (unpaired) electrons. The van der Waals surface area contributed by atoms with Crippen LogP contribution >= 0.6 is 0 Å². The Morgan fingerprint density at radius 3 is 2.73 bits per heavy atom. The number of rotatable bonds is 8. The van der Waals surface area contributed by atoms with E-state index in [9.17, 15) is 0 Å². The molecule has 0 spiro atoms. The van der Waals surface area contributed by atoms with Crippen molar-refractivity contribution in [2.24, 2.45) is 0 Å². The van der Waals surface area contributed by atoms with Gasteiger partial charge < -0.3 is 15.6 Å². The number of anilines is 1. The Balaban J connectivity index is 1.10. The van der Waals surface area contributed by atoms with Crippen LogP contribution in [-0.4, -0.2) is 58.1 Å². The van der Waals surface area contributed by atoms with E-state index < -0.39 is 0 Å². The van der Waals surface area contributed by atoms with Crippen LogP contribution in [0.1, 0.15) is 68.7 Å². The van der Waals surface area contributed by atoms with E-state index in [4.69, 9.17) is 9.97 Å². The third-order valence-corrected chi connectivity index (χ3v) is 7.06. The summed E-state index contributed by atoms with van der Waals surface area (Å²) >= 11 is 0. The van der Waals surface area contributed by atoms with Crippen LogP contribution in [0.2, 0.25) is 0 Å². The number of pyridine rings is 1. The standard InChI is InChI=1S/C24H36N6/c1-17-23(18-11-12-18)29-24(27-17)21-9-4-10-22(28-21)26-14-13-25-19-6-5-15-30(16-19)20-7-2-3-8-20/h4,9-10,18-20,25H,2-3,5-8,11-16H2,1H3,(H,26,28)(H,27,29). The minimum atomic E-state index is 0.632. The van der Waals surface area contributed by atoms with Gasteiger partial charge in [0.2, 0.25) is 0 Å². The van der Waals surface area contributed by atoms with Crippen LogP contribution < -0.4 is 10.6 Å². The molecular weight excluding hydrogens is 372 g/mol. The number of hydrogen-bond donors (Lipinski definition) is 3. The lowest BCUT2D eigenvalue weighted by Gasteiger charge is -2.37. The Hall–Kier alpha value is -1.92. The van der Waals surface area contributed by atoms with Gasteiger partial charge in [0, 0.05) is 43.3 Å². The number of hydrogen-bond acceptors (Lipinski definition) is 5. The third-order valence-electron chi connectivity index (χ3n) is 7.06. The molecule has 5 rings (SSSR count). The number of piperidine rings is 1. The summed E-state index contributed by atoms with van der Waals surface area (Å²) < 4.78 is 0. The molecule has 2 aliphatic carbocycles. The SMILES string of the molecule is Cc1nc(-c2cccc(NCCNC3CCCN(C4CCCC4)C3)n2)[nH]c1C1CC1. The predicted octanol–water partition coefficient (Wildman–Crippen LogP) is 4.07. The van der Waals surface area contributed by atoms with Crippen molar-refractivity contribution in [2.75, 3.05) is 31.5 Å². The molecule has 0 aromatic carbocycles.